The van der Waals surface area contributed by atoms with Crippen LogP contribution in [0.3, 0.4) is 0 Å². The van der Waals surface area contributed by atoms with Gasteiger partial charge in [-0.1, -0.05) is 12.1 Å². The number of carboxylic acid groups (broad SMARTS) is 1. The molecule has 1 aromatic carbocycles. The molecule has 0 amide bonds. The maximum atomic E-state index is 13.1. The van der Waals surface area contributed by atoms with Gasteiger partial charge >= 0.3 is 12.1 Å². The maximum absolute atomic E-state index is 13.1. The lowest BCUT2D eigenvalue weighted by molar-refractivity contribution is -0.137. The van der Waals surface area contributed by atoms with Crippen molar-refractivity contribution in [2.75, 3.05) is 0 Å². The Morgan fingerprint density at radius 3 is 2.62 bits per heavy atom. The molecule has 0 radical (unpaired) electrons. The predicted octanol–water partition coefficient (Wildman–Crippen LogP) is 4.93. The van der Waals surface area contributed by atoms with Crippen LogP contribution >= 0.6 is 0 Å². The van der Waals surface area contributed by atoms with E-state index in [2.05, 4.69) is 15.0 Å². The van der Waals surface area contributed by atoms with Crippen molar-refractivity contribution in [3.05, 3.63) is 83.4 Å². The number of alkyl halides is 3. The first-order chi connectivity index (χ1) is 13.8. The predicted molar refractivity (Wildman–Crippen MR) is 101 cm³/mol. The summed E-state index contributed by atoms with van der Waals surface area (Å²) in [5.41, 5.74) is 2.04. The number of aromatic nitrogens is 3. The van der Waals surface area contributed by atoms with E-state index >= 15 is 0 Å². The summed E-state index contributed by atoms with van der Waals surface area (Å²) in [7, 11) is 0. The highest BCUT2D eigenvalue weighted by Gasteiger charge is 2.31. The van der Waals surface area contributed by atoms with E-state index in [1.165, 1.54) is 12.1 Å². The summed E-state index contributed by atoms with van der Waals surface area (Å²) in [6, 6.07) is 11.7. The fourth-order valence-corrected chi connectivity index (χ4v) is 3.25. The lowest BCUT2D eigenvalue weighted by atomic mass is 10.0. The van der Waals surface area contributed by atoms with E-state index in [0.717, 1.165) is 17.7 Å². The standard InChI is InChI=1S/C21H14F3N3O2/c22-21(23,24)13-6-7-15-16(10-14-4-1-5-17(26-14)20(28)29)19(27-18(15)9-13)12-3-2-8-25-11-12/h1-9,11,27H,10H2,(H,28,29). The zero-order valence-electron chi connectivity index (χ0n) is 14.9. The van der Waals surface area contributed by atoms with Gasteiger partial charge in [-0.15, -0.1) is 0 Å². The summed E-state index contributed by atoms with van der Waals surface area (Å²) >= 11 is 0. The number of nitrogens with one attached hydrogen (secondary N) is 1. The minimum atomic E-state index is -4.45. The minimum absolute atomic E-state index is 0.0929. The van der Waals surface area contributed by atoms with Crippen molar-refractivity contribution in [1.82, 2.24) is 15.0 Å². The number of halogens is 3. The van der Waals surface area contributed by atoms with E-state index in [1.807, 2.05) is 0 Å². The van der Waals surface area contributed by atoms with E-state index < -0.39 is 17.7 Å². The summed E-state index contributed by atoms with van der Waals surface area (Å²) in [4.78, 5) is 22.5. The molecule has 5 nitrogen and oxygen atoms in total. The number of carboxylic acids is 1. The molecule has 0 bridgehead atoms. The van der Waals surface area contributed by atoms with Crippen molar-refractivity contribution >= 4 is 16.9 Å². The number of aromatic carboxylic acids is 1. The van der Waals surface area contributed by atoms with Crippen LogP contribution in [0.15, 0.2) is 60.9 Å². The molecule has 3 aromatic heterocycles. The minimum Gasteiger partial charge on any atom is -0.477 e. The Labute approximate surface area is 162 Å². The van der Waals surface area contributed by atoms with Crippen LogP contribution in [0.1, 0.15) is 27.3 Å². The van der Waals surface area contributed by atoms with Crippen LogP contribution in [-0.4, -0.2) is 26.0 Å². The topological polar surface area (TPSA) is 78.9 Å². The Morgan fingerprint density at radius 1 is 1.10 bits per heavy atom. The highest BCUT2D eigenvalue weighted by molar-refractivity contribution is 5.91. The second-order valence-corrected chi connectivity index (χ2v) is 6.47. The second kappa shape index (κ2) is 7.05. The third-order valence-electron chi connectivity index (χ3n) is 4.57. The van der Waals surface area contributed by atoms with Crippen LogP contribution in [0, 0.1) is 0 Å². The zero-order valence-corrected chi connectivity index (χ0v) is 14.9. The Kier molecular flexibility index (Phi) is 4.54. The first-order valence-corrected chi connectivity index (χ1v) is 8.64. The highest BCUT2D eigenvalue weighted by atomic mass is 19.4. The molecule has 4 aromatic rings. The molecule has 0 saturated carbocycles. The van der Waals surface area contributed by atoms with E-state index in [-0.39, 0.29) is 12.1 Å². The molecular formula is C21H14F3N3O2. The maximum Gasteiger partial charge on any atom is 0.416 e. The zero-order chi connectivity index (χ0) is 20.6. The number of aromatic amines is 1. The van der Waals surface area contributed by atoms with Gasteiger partial charge in [0.25, 0.3) is 0 Å². The van der Waals surface area contributed by atoms with Crippen molar-refractivity contribution in [2.45, 2.75) is 12.6 Å². The quantitative estimate of drug-likeness (QED) is 0.512. The summed E-state index contributed by atoms with van der Waals surface area (Å²) in [6.07, 6.45) is -0.993. The van der Waals surface area contributed by atoms with Gasteiger partial charge < -0.3 is 10.1 Å². The van der Waals surface area contributed by atoms with Gasteiger partial charge in [0.15, 0.2) is 0 Å². The molecule has 0 spiro atoms. The van der Waals surface area contributed by atoms with E-state index in [0.29, 0.717) is 27.9 Å². The Hall–Kier alpha value is -3.68. The largest absolute Gasteiger partial charge is 0.477 e. The number of rotatable bonds is 4. The van der Waals surface area contributed by atoms with Gasteiger partial charge in [-0.05, 0) is 42.0 Å². The van der Waals surface area contributed by atoms with Gasteiger partial charge in [0.2, 0.25) is 0 Å². The van der Waals surface area contributed by atoms with Crippen LogP contribution in [0.2, 0.25) is 0 Å². The molecule has 3 heterocycles. The molecule has 4 rings (SSSR count). The molecular weight excluding hydrogens is 383 g/mol. The van der Waals surface area contributed by atoms with Gasteiger partial charge in [-0.25, -0.2) is 9.78 Å². The van der Waals surface area contributed by atoms with Crippen molar-refractivity contribution in [3.63, 3.8) is 0 Å². The molecule has 29 heavy (non-hydrogen) atoms. The summed E-state index contributed by atoms with van der Waals surface area (Å²) < 4.78 is 39.4. The monoisotopic (exact) mass is 397 g/mol. The average Bonchev–Trinajstić information content (AvgIpc) is 3.06. The van der Waals surface area contributed by atoms with Crippen LogP contribution < -0.4 is 0 Å². The van der Waals surface area contributed by atoms with Crippen LogP contribution in [0.5, 0.6) is 0 Å². The Morgan fingerprint density at radius 2 is 1.93 bits per heavy atom. The van der Waals surface area contributed by atoms with Gasteiger partial charge in [0.05, 0.1) is 11.3 Å². The number of H-pyrrole nitrogens is 1. The van der Waals surface area contributed by atoms with Crippen molar-refractivity contribution < 1.29 is 23.1 Å². The van der Waals surface area contributed by atoms with Crippen molar-refractivity contribution in [1.29, 1.82) is 0 Å². The molecule has 0 aliphatic heterocycles. The lowest BCUT2D eigenvalue weighted by Crippen LogP contribution is -2.04. The number of hydrogen-bond donors (Lipinski definition) is 2. The number of fused-ring (bicyclic) bond motifs is 1. The molecule has 0 fully saturated rings. The second-order valence-electron chi connectivity index (χ2n) is 6.47. The van der Waals surface area contributed by atoms with Crippen LogP contribution in [0.4, 0.5) is 13.2 Å². The smallest absolute Gasteiger partial charge is 0.416 e. The Bertz CT molecular complexity index is 1200. The first kappa shape index (κ1) is 18.7. The molecule has 0 aliphatic rings. The summed E-state index contributed by atoms with van der Waals surface area (Å²) in [6.45, 7) is 0. The third kappa shape index (κ3) is 3.69. The van der Waals surface area contributed by atoms with Crippen LogP contribution in [0.25, 0.3) is 22.2 Å². The number of hydrogen-bond acceptors (Lipinski definition) is 3. The molecule has 2 N–H and O–H groups in total. The van der Waals surface area contributed by atoms with Crippen molar-refractivity contribution in [2.24, 2.45) is 0 Å². The summed E-state index contributed by atoms with van der Waals surface area (Å²) in [5.74, 6) is -1.15. The van der Waals surface area contributed by atoms with Gasteiger partial charge in [-0.2, -0.15) is 13.2 Å². The molecule has 8 heteroatoms. The fraction of sp³-hybridized carbons (Fsp3) is 0.0952. The molecule has 0 saturated heterocycles. The van der Waals surface area contributed by atoms with Crippen molar-refractivity contribution in [3.8, 4) is 11.3 Å². The first-order valence-electron chi connectivity index (χ1n) is 8.64. The lowest BCUT2D eigenvalue weighted by Gasteiger charge is -2.07. The number of nitrogens with zero attached hydrogens (tertiary/aromatic N) is 2. The number of pyridine rings is 2. The average molecular weight is 397 g/mol. The highest BCUT2D eigenvalue weighted by Crippen LogP contribution is 2.36. The van der Waals surface area contributed by atoms with Gasteiger partial charge in [-0.3, -0.25) is 4.98 Å². The van der Waals surface area contributed by atoms with E-state index in [1.54, 1.807) is 36.7 Å². The number of benzene rings is 1. The number of carbonyl (C=O) groups is 1. The molecule has 0 aliphatic carbocycles. The van der Waals surface area contributed by atoms with E-state index in [4.69, 9.17) is 5.11 Å². The van der Waals surface area contributed by atoms with E-state index in [9.17, 15) is 18.0 Å². The fourth-order valence-electron chi connectivity index (χ4n) is 3.25. The molecule has 0 atom stereocenters. The Balaban J connectivity index is 1.88. The molecule has 0 unspecified atom stereocenters. The van der Waals surface area contributed by atoms with Gasteiger partial charge in [0, 0.05) is 41.0 Å². The van der Waals surface area contributed by atoms with Crippen LogP contribution in [-0.2, 0) is 12.6 Å². The SMILES string of the molecule is O=C(O)c1cccc(Cc2c(-c3cccnc3)[nH]c3cc(C(F)(F)F)ccc23)n1. The molecule has 146 valence electrons. The van der Waals surface area contributed by atoms with Gasteiger partial charge in [0.1, 0.15) is 5.69 Å². The normalized spacial score (nSPS) is 11.7. The third-order valence-corrected chi connectivity index (χ3v) is 4.57. The summed E-state index contributed by atoms with van der Waals surface area (Å²) in [5, 5.41) is 9.77.